The Hall–Kier alpha value is -2.93. The summed E-state index contributed by atoms with van der Waals surface area (Å²) in [6.07, 6.45) is 1.04. The molecule has 26 heavy (non-hydrogen) atoms. The van der Waals surface area contributed by atoms with Gasteiger partial charge in [-0.15, -0.1) is 6.58 Å². The van der Waals surface area contributed by atoms with Gasteiger partial charge in [0.25, 0.3) is 0 Å². The Kier molecular flexibility index (Phi) is 5.94. The summed E-state index contributed by atoms with van der Waals surface area (Å²) in [5.41, 5.74) is 8.90. The number of ether oxygens (including phenoxy) is 1. The molecule has 7 heteroatoms. The maximum atomic E-state index is 10.7. The van der Waals surface area contributed by atoms with Crippen molar-refractivity contribution >= 4 is 11.9 Å². The van der Waals surface area contributed by atoms with Gasteiger partial charge >= 0.3 is 6.09 Å². The lowest BCUT2D eigenvalue weighted by Crippen LogP contribution is -2.42. The van der Waals surface area contributed by atoms with Crippen LogP contribution in [0.3, 0.4) is 0 Å². The average Bonchev–Trinajstić information content (AvgIpc) is 2.52. The van der Waals surface area contributed by atoms with Crippen LogP contribution in [-0.4, -0.2) is 33.3 Å². The van der Waals surface area contributed by atoms with Crippen LogP contribution in [-0.2, 0) is 0 Å². The third-order valence-corrected chi connectivity index (χ3v) is 3.59. The number of carboxylic acid groups (broad SMARTS) is 1. The van der Waals surface area contributed by atoms with Gasteiger partial charge in [-0.1, -0.05) is 5.57 Å². The number of nitrogens with zero attached hydrogens (tertiary/aromatic N) is 2. The molecule has 2 heterocycles. The molecular weight excluding hydrogens is 332 g/mol. The molecule has 0 aliphatic heterocycles. The van der Waals surface area contributed by atoms with Crippen LogP contribution < -0.4 is 15.8 Å². The van der Waals surface area contributed by atoms with Gasteiger partial charge in [-0.3, -0.25) is 5.32 Å². The lowest BCUT2D eigenvalue weighted by atomic mass is 9.96. The van der Waals surface area contributed by atoms with E-state index in [9.17, 15) is 4.79 Å². The zero-order valence-electron chi connectivity index (χ0n) is 15.2. The number of anilines is 1. The van der Waals surface area contributed by atoms with E-state index in [2.05, 4.69) is 21.9 Å². The van der Waals surface area contributed by atoms with Gasteiger partial charge in [0.15, 0.2) is 0 Å². The van der Waals surface area contributed by atoms with Gasteiger partial charge in [0, 0.05) is 11.8 Å². The zero-order chi connectivity index (χ0) is 19.3. The third kappa shape index (κ3) is 5.56. The summed E-state index contributed by atoms with van der Waals surface area (Å²) in [6, 6.07) is 7.04. The Balaban J connectivity index is 2.14. The van der Waals surface area contributed by atoms with Crippen LogP contribution in [0.2, 0.25) is 0 Å². The molecule has 2 aromatic rings. The van der Waals surface area contributed by atoms with E-state index < -0.39 is 11.6 Å². The standard InChI is InChI=1S/C19H24N4O3/c1-12(2)10-19(4,20)11-26-16-6-5-15(22-13(16)3)14-7-8-21-17(9-14)23-18(24)25/h5-9H,1,10-11,20H2,2-4H3,(H,21,23)(H,24,25). The van der Waals surface area contributed by atoms with Crippen molar-refractivity contribution in [1.82, 2.24) is 9.97 Å². The predicted molar refractivity (Wildman–Crippen MR) is 101 cm³/mol. The summed E-state index contributed by atoms with van der Waals surface area (Å²) in [5, 5.41) is 11.0. The molecule has 0 saturated carbocycles. The number of aromatic nitrogens is 2. The first-order valence-corrected chi connectivity index (χ1v) is 8.16. The van der Waals surface area contributed by atoms with Gasteiger partial charge < -0.3 is 15.6 Å². The minimum Gasteiger partial charge on any atom is -0.490 e. The Morgan fingerprint density at radius 2 is 2.15 bits per heavy atom. The van der Waals surface area contributed by atoms with Crippen molar-refractivity contribution in [2.45, 2.75) is 32.7 Å². The summed E-state index contributed by atoms with van der Waals surface area (Å²) in [5.74, 6) is 0.901. The highest BCUT2D eigenvalue weighted by atomic mass is 16.5. The molecule has 1 unspecified atom stereocenters. The molecule has 1 atom stereocenters. The van der Waals surface area contributed by atoms with E-state index in [0.29, 0.717) is 24.5 Å². The highest BCUT2D eigenvalue weighted by molar-refractivity contribution is 5.82. The highest BCUT2D eigenvalue weighted by Gasteiger charge is 2.20. The van der Waals surface area contributed by atoms with E-state index in [-0.39, 0.29) is 5.82 Å². The summed E-state index contributed by atoms with van der Waals surface area (Å²) < 4.78 is 5.84. The first-order chi connectivity index (χ1) is 12.2. The number of nitrogens with two attached hydrogens (primary N) is 1. The maximum Gasteiger partial charge on any atom is 0.410 e. The number of hydrogen-bond acceptors (Lipinski definition) is 5. The summed E-state index contributed by atoms with van der Waals surface area (Å²) in [7, 11) is 0. The van der Waals surface area contributed by atoms with E-state index in [1.807, 2.05) is 32.9 Å². The number of aryl methyl sites for hydroxylation is 1. The molecule has 2 rings (SSSR count). The van der Waals surface area contributed by atoms with Crippen LogP contribution in [0.15, 0.2) is 42.6 Å². The number of amides is 1. The zero-order valence-corrected chi connectivity index (χ0v) is 15.2. The molecule has 0 fully saturated rings. The normalized spacial score (nSPS) is 12.9. The number of hydrogen-bond donors (Lipinski definition) is 3. The van der Waals surface area contributed by atoms with Gasteiger partial charge in [0.05, 0.1) is 16.9 Å². The molecule has 7 nitrogen and oxygen atoms in total. The monoisotopic (exact) mass is 356 g/mol. The van der Waals surface area contributed by atoms with Crippen LogP contribution in [0.4, 0.5) is 10.6 Å². The van der Waals surface area contributed by atoms with Crippen molar-refractivity contribution in [3.05, 3.63) is 48.3 Å². The van der Waals surface area contributed by atoms with Crippen molar-refractivity contribution in [2.24, 2.45) is 5.73 Å². The molecule has 4 N–H and O–H groups in total. The molecule has 2 aromatic heterocycles. The number of nitrogens with one attached hydrogen (secondary N) is 1. The van der Waals surface area contributed by atoms with Crippen molar-refractivity contribution < 1.29 is 14.6 Å². The highest BCUT2D eigenvalue weighted by Crippen LogP contribution is 2.25. The number of rotatable bonds is 7. The molecule has 0 aromatic carbocycles. The summed E-state index contributed by atoms with van der Waals surface area (Å²) in [4.78, 5) is 19.2. The molecule has 0 saturated heterocycles. The Labute approximate surface area is 152 Å². The fraction of sp³-hybridized carbons (Fsp3) is 0.316. The van der Waals surface area contributed by atoms with E-state index in [4.69, 9.17) is 15.6 Å². The van der Waals surface area contributed by atoms with Gasteiger partial charge in [0.2, 0.25) is 0 Å². The molecular formula is C19H24N4O3. The van der Waals surface area contributed by atoms with Crippen molar-refractivity contribution in [1.29, 1.82) is 0 Å². The van der Waals surface area contributed by atoms with Crippen molar-refractivity contribution in [2.75, 3.05) is 11.9 Å². The largest absolute Gasteiger partial charge is 0.490 e. The fourth-order valence-electron chi connectivity index (χ4n) is 2.61. The molecule has 138 valence electrons. The predicted octanol–water partition coefficient (Wildman–Crippen LogP) is 3.60. The molecule has 1 amide bonds. The van der Waals surface area contributed by atoms with Gasteiger partial charge in [0.1, 0.15) is 18.2 Å². The van der Waals surface area contributed by atoms with Crippen LogP contribution in [0, 0.1) is 6.92 Å². The van der Waals surface area contributed by atoms with Gasteiger partial charge in [-0.25, -0.2) is 14.8 Å². The van der Waals surface area contributed by atoms with Crippen molar-refractivity contribution in [3.8, 4) is 17.0 Å². The third-order valence-electron chi connectivity index (χ3n) is 3.59. The average molecular weight is 356 g/mol. The minimum absolute atomic E-state index is 0.244. The topological polar surface area (TPSA) is 110 Å². The Morgan fingerprint density at radius 3 is 2.77 bits per heavy atom. The van der Waals surface area contributed by atoms with E-state index in [1.54, 1.807) is 12.1 Å². The molecule has 0 bridgehead atoms. The van der Waals surface area contributed by atoms with Crippen LogP contribution in [0.5, 0.6) is 5.75 Å². The number of carbonyl (C=O) groups is 1. The number of pyridine rings is 2. The summed E-state index contributed by atoms with van der Waals surface area (Å²) >= 11 is 0. The molecule has 0 aliphatic carbocycles. The lowest BCUT2D eigenvalue weighted by molar-refractivity contribution is 0.209. The fourth-order valence-corrected chi connectivity index (χ4v) is 2.61. The summed E-state index contributed by atoms with van der Waals surface area (Å²) in [6.45, 7) is 9.95. The second-order valence-corrected chi connectivity index (χ2v) is 6.72. The van der Waals surface area contributed by atoms with E-state index in [1.165, 1.54) is 6.20 Å². The SMILES string of the molecule is C=C(C)CC(C)(N)COc1ccc(-c2ccnc(NC(=O)O)c2)nc1C. The molecule has 0 radical (unpaired) electrons. The Morgan fingerprint density at radius 1 is 1.42 bits per heavy atom. The second kappa shape index (κ2) is 7.97. The maximum absolute atomic E-state index is 10.7. The van der Waals surface area contributed by atoms with Gasteiger partial charge in [-0.2, -0.15) is 0 Å². The minimum atomic E-state index is -1.16. The molecule has 0 spiro atoms. The quantitative estimate of drug-likeness (QED) is 0.654. The van der Waals surface area contributed by atoms with E-state index in [0.717, 1.165) is 16.8 Å². The smallest absolute Gasteiger partial charge is 0.410 e. The second-order valence-electron chi connectivity index (χ2n) is 6.72. The van der Waals surface area contributed by atoms with Gasteiger partial charge in [-0.05, 0) is 51.5 Å². The lowest BCUT2D eigenvalue weighted by Gasteiger charge is -2.25. The van der Waals surface area contributed by atoms with Crippen LogP contribution in [0.1, 0.15) is 26.0 Å². The Bertz CT molecular complexity index is 818. The van der Waals surface area contributed by atoms with Crippen molar-refractivity contribution in [3.63, 3.8) is 0 Å². The van der Waals surface area contributed by atoms with E-state index >= 15 is 0 Å². The van der Waals surface area contributed by atoms with Crippen LogP contribution in [0.25, 0.3) is 11.3 Å². The molecule has 0 aliphatic rings. The van der Waals surface area contributed by atoms with Crippen LogP contribution >= 0.6 is 0 Å². The first-order valence-electron chi connectivity index (χ1n) is 8.16. The first kappa shape index (κ1) is 19.4.